The third kappa shape index (κ3) is 2.39. The number of imidazole rings is 1. The molecule has 4 rings (SSSR count). The first-order valence-electron chi connectivity index (χ1n) is 7.59. The lowest BCUT2D eigenvalue weighted by Crippen LogP contribution is -2.25. The molecule has 5 nitrogen and oxygen atoms in total. The number of rotatable bonds is 3. The third-order valence-electron chi connectivity index (χ3n) is 4.26. The van der Waals surface area contributed by atoms with Crippen molar-refractivity contribution in [3.05, 3.63) is 46.8 Å². The average Bonchev–Trinajstić information content (AvgIpc) is 3.27. The van der Waals surface area contributed by atoms with Gasteiger partial charge in [-0.2, -0.15) is 0 Å². The molecule has 1 aliphatic carbocycles. The first-order chi connectivity index (χ1) is 10.7. The smallest absolute Gasteiger partial charge is 0.273 e. The van der Waals surface area contributed by atoms with Crippen molar-refractivity contribution in [1.82, 2.24) is 15.3 Å². The second-order valence-corrected chi connectivity index (χ2v) is 5.90. The van der Waals surface area contributed by atoms with Crippen LogP contribution in [0.3, 0.4) is 0 Å². The first-order valence-corrected chi connectivity index (χ1v) is 7.59. The van der Waals surface area contributed by atoms with Crippen molar-refractivity contribution in [2.75, 3.05) is 11.9 Å². The summed E-state index contributed by atoms with van der Waals surface area (Å²) in [6, 6.07) is 3.49. The van der Waals surface area contributed by atoms with Crippen LogP contribution in [0.2, 0.25) is 0 Å². The molecule has 1 fully saturated rings. The second kappa shape index (κ2) is 5.21. The molecule has 1 amide bonds. The predicted octanol–water partition coefficient (Wildman–Crippen LogP) is 2.32. The molecule has 0 unspecified atom stereocenters. The van der Waals surface area contributed by atoms with Gasteiger partial charge in [0.1, 0.15) is 17.3 Å². The van der Waals surface area contributed by atoms with Gasteiger partial charge in [0.25, 0.3) is 5.91 Å². The number of anilines is 1. The SMILES string of the molecule is O=C(Nc1ccc2c(c1F)CCNC2)c1cnc(C2CC2)[nH]1. The minimum Gasteiger partial charge on any atom is -0.338 e. The maximum atomic E-state index is 14.5. The molecule has 1 aromatic heterocycles. The van der Waals surface area contributed by atoms with Gasteiger partial charge in [-0.3, -0.25) is 4.79 Å². The fourth-order valence-electron chi connectivity index (χ4n) is 2.84. The molecule has 114 valence electrons. The van der Waals surface area contributed by atoms with Crippen molar-refractivity contribution in [2.24, 2.45) is 0 Å². The van der Waals surface area contributed by atoms with Crippen LogP contribution >= 0.6 is 0 Å². The molecule has 6 heteroatoms. The zero-order valence-corrected chi connectivity index (χ0v) is 12.1. The molecule has 2 heterocycles. The zero-order chi connectivity index (χ0) is 15.1. The Labute approximate surface area is 127 Å². The van der Waals surface area contributed by atoms with Crippen molar-refractivity contribution in [2.45, 2.75) is 31.7 Å². The summed E-state index contributed by atoms with van der Waals surface area (Å²) in [4.78, 5) is 19.5. The molecule has 0 radical (unpaired) electrons. The highest BCUT2D eigenvalue weighted by Crippen LogP contribution is 2.38. The van der Waals surface area contributed by atoms with Gasteiger partial charge < -0.3 is 15.6 Å². The first kappa shape index (κ1) is 13.5. The number of fused-ring (bicyclic) bond motifs is 1. The van der Waals surface area contributed by atoms with Crippen LogP contribution in [0.5, 0.6) is 0 Å². The highest BCUT2D eigenvalue weighted by molar-refractivity contribution is 6.02. The number of amides is 1. The van der Waals surface area contributed by atoms with Gasteiger partial charge in [-0.1, -0.05) is 6.07 Å². The molecule has 1 aromatic carbocycles. The molecule has 0 bridgehead atoms. The zero-order valence-electron chi connectivity index (χ0n) is 12.1. The summed E-state index contributed by atoms with van der Waals surface area (Å²) in [6.07, 6.45) is 4.38. The van der Waals surface area contributed by atoms with Gasteiger partial charge in [-0.15, -0.1) is 0 Å². The number of benzene rings is 1. The molecule has 0 saturated heterocycles. The topological polar surface area (TPSA) is 69.8 Å². The highest BCUT2D eigenvalue weighted by Gasteiger charge is 2.27. The van der Waals surface area contributed by atoms with Gasteiger partial charge >= 0.3 is 0 Å². The molecule has 2 aliphatic rings. The van der Waals surface area contributed by atoms with Crippen LogP contribution in [0.15, 0.2) is 18.3 Å². The summed E-state index contributed by atoms with van der Waals surface area (Å²) in [5, 5.41) is 5.85. The predicted molar refractivity (Wildman–Crippen MR) is 80.3 cm³/mol. The number of aromatic amines is 1. The third-order valence-corrected chi connectivity index (χ3v) is 4.26. The van der Waals surface area contributed by atoms with E-state index < -0.39 is 0 Å². The quantitative estimate of drug-likeness (QED) is 0.815. The van der Waals surface area contributed by atoms with E-state index in [0.717, 1.165) is 30.8 Å². The summed E-state index contributed by atoms with van der Waals surface area (Å²) in [5.41, 5.74) is 2.26. The van der Waals surface area contributed by atoms with E-state index in [1.165, 1.54) is 6.20 Å². The van der Waals surface area contributed by atoms with Crippen molar-refractivity contribution in [3.8, 4) is 0 Å². The van der Waals surface area contributed by atoms with Crippen LogP contribution in [-0.2, 0) is 13.0 Å². The van der Waals surface area contributed by atoms with Crippen LogP contribution in [-0.4, -0.2) is 22.4 Å². The monoisotopic (exact) mass is 300 g/mol. The van der Waals surface area contributed by atoms with Crippen LogP contribution in [0, 0.1) is 5.82 Å². The van der Waals surface area contributed by atoms with E-state index in [1.807, 2.05) is 6.07 Å². The van der Waals surface area contributed by atoms with Crippen molar-refractivity contribution >= 4 is 11.6 Å². The average molecular weight is 300 g/mol. The van der Waals surface area contributed by atoms with E-state index in [2.05, 4.69) is 20.6 Å². The Morgan fingerprint density at radius 3 is 3.05 bits per heavy atom. The number of halogens is 1. The normalized spacial score (nSPS) is 17.1. The molecule has 22 heavy (non-hydrogen) atoms. The number of aromatic nitrogens is 2. The van der Waals surface area contributed by atoms with Gasteiger partial charge in [0.15, 0.2) is 0 Å². The van der Waals surface area contributed by atoms with E-state index in [0.29, 0.717) is 30.1 Å². The molecule has 0 spiro atoms. The lowest BCUT2D eigenvalue weighted by molar-refractivity contribution is 0.102. The molecular weight excluding hydrogens is 283 g/mol. The van der Waals surface area contributed by atoms with E-state index in [9.17, 15) is 9.18 Å². The summed E-state index contributed by atoms with van der Waals surface area (Å²) in [7, 11) is 0. The fourth-order valence-corrected chi connectivity index (χ4v) is 2.84. The number of carbonyl (C=O) groups excluding carboxylic acids is 1. The maximum Gasteiger partial charge on any atom is 0.273 e. The molecule has 1 saturated carbocycles. The Morgan fingerprint density at radius 1 is 1.36 bits per heavy atom. The number of carbonyl (C=O) groups is 1. The van der Waals surface area contributed by atoms with Crippen molar-refractivity contribution in [1.29, 1.82) is 0 Å². The Kier molecular flexibility index (Phi) is 3.18. The Morgan fingerprint density at radius 2 is 2.23 bits per heavy atom. The van der Waals surface area contributed by atoms with Gasteiger partial charge in [0.2, 0.25) is 0 Å². The van der Waals surface area contributed by atoms with Crippen LogP contribution in [0.25, 0.3) is 0 Å². The van der Waals surface area contributed by atoms with Crippen LogP contribution < -0.4 is 10.6 Å². The number of H-pyrrole nitrogens is 1. The Balaban J connectivity index is 1.55. The lowest BCUT2D eigenvalue weighted by atomic mass is 9.99. The van der Waals surface area contributed by atoms with Crippen molar-refractivity contribution in [3.63, 3.8) is 0 Å². The van der Waals surface area contributed by atoms with Crippen LogP contribution in [0.1, 0.15) is 46.2 Å². The highest BCUT2D eigenvalue weighted by atomic mass is 19.1. The Bertz CT molecular complexity index is 736. The minimum absolute atomic E-state index is 0.230. The summed E-state index contributed by atoms with van der Waals surface area (Å²) >= 11 is 0. The fraction of sp³-hybridized carbons (Fsp3) is 0.375. The maximum absolute atomic E-state index is 14.5. The van der Waals surface area contributed by atoms with Gasteiger partial charge in [0, 0.05) is 12.5 Å². The van der Waals surface area contributed by atoms with E-state index in [-0.39, 0.29) is 17.4 Å². The standard InChI is InChI=1S/C16H17FN4O/c17-14-11-5-6-18-7-10(11)3-4-12(14)21-16(22)13-8-19-15(20-13)9-1-2-9/h3-4,8-9,18H,1-2,5-7H2,(H,19,20)(H,21,22). The summed E-state index contributed by atoms with van der Waals surface area (Å²) in [5.74, 6) is 0.623. The second-order valence-electron chi connectivity index (χ2n) is 5.90. The van der Waals surface area contributed by atoms with Crippen molar-refractivity contribution < 1.29 is 9.18 Å². The van der Waals surface area contributed by atoms with Gasteiger partial charge in [0.05, 0.1) is 11.9 Å². The molecule has 2 aromatic rings. The molecule has 3 N–H and O–H groups in total. The summed E-state index contributed by atoms with van der Waals surface area (Å²) in [6.45, 7) is 1.43. The molecule has 0 atom stereocenters. The van der Waals surface area contributed by atoms with Gasteiger partial charge in [-0.25, -0.2) is 9.37 Å². The largest absolute Gasteiger partial charge is 0.338 e. The lowest BCUT2D eigenvalue weighted by Gasteiger charge is -2.19. The summed E-state index contributed by atoms with van der Waals surface area (Å²) < 4.78 is 14.5. The molecule has 1 aliphatic heterocycles. The van der Waals surface area contributed by atoms with E-state index in [1.54, 1.807) is 6.07 Å². The van der Waals surface area contributed by atoms with Crippen LogP contribution in [0.4, 0.5) is 10.1 Å². The molecular formula is C16H17FN4O. The number of nitrogens with zero attached hydrogens (tertiary/aromatic N) is 1. The van der Waals surface area contributed by atoms with E-state index in [4.69, 9.17) is 0 Å². The minimum atomic E-state index is -0.354. The van der Waals surface area contributed by atoms with Gasteiger partial charge in [-0.05, 0) is 43.0 Å². The number of hydrogen-bond donors (Lipinski definition) is 3. The Hall–Kier alpha value is -2.21. The number of hydrogen-bond acceptors (Lipinski definition) is 3. The van der Waals surface area contributed by atoms with E-state index >= 15 is 0 Å². The number of nitrogens with one attached hydrogen (secondary N) is 3.